The van der Waals surface area contributed by atoms with Gasteiger partial charge in [0.05, 0.1) is 30.6 Å². The predicted octanol–water partition coefficient (Wildman–Crippen LogP) is 6.11. The molecule has 6 rings (SSSR count). The van der Waals surface area contributed by atoms with Crippen LogP contribution < -0.4 is 25.5 Å². The highest BCUT2D eigenvalue weighted by atomic mass is 19.1. The van der Waals surface area contributed by atoms with Gasteiger partial charge >= 0.3 is 5.69 Å². The zero-order chi connectivity index (χ0) is 34.5. The first-order chi connectivity index (χ1) is 23.7. The molecule has 49 heavy (non-hydrogen) atoms. The molecule has 11 nitrogen and oxygen atoms in total. The lowest BCUT2D eigenvalue weighted by Gasteiger charge is -2.30. The van der Waals surface area contributed by atoms with Gasteiger partial charge in [0.25, 0.3) is 5.56 Å². The summed E-state index contributed by atoms with van der Waals surface area (Å²) in [5.74, 6) is 0.0683. The first kappa shape index (κ1) is 33.3. The lowest BCUT2D eigenvalue weighted by molar-refractivity contribution is 0.176. The Kier molecular flexibility index (Phi) is 10.00. The fraction of sp³-hybridized carbons (Fsp3) is 0.278. The van der Waals surface area contributed by atoms with Crippen molar-refractivity contribution in [1.82, 2.24) is 19.4 Å². The van der Waals surface area contributed by atoms with Gasteiger partial charge < -0.3 is 24.2 Å². The number of halogens is 2. The zero-order valence-electron chi connectivity index (χ0n) is 27.0. The molecule has 1 saturated heterocycles. The van der Waals surface area contributed by atoms with Crippen molar-refractivity contribution in [3.8, 4) is 34.6 Å². The fourth-order valence-electron chi connectivity index (χ4n) is 5.64. The molecule has 0 unspecified atom stereocenters. The molecule has 0 saturated carbocycles. The molecule has 0 bridgehead atoms. The van der Waals surface area contributed by atoms with Gasteiger partial charge in [0.1, 0.15) is 17.1 Å². The number of piperidine rings is 1. The van der Waals surface area contributed by atoms with E-state index in [2.05, 4.69) is 26.8 Å². The molecule has 0 spiro atoms. The average Bonchev–Trinajstić information content (AvgIpc) is 3.09. The highest BCUT2D eigenvalue weighted by Crippen LogP contribution is 2.38. The summed E-state index contributed by atoms with van der Waals surface area (Å²) in [4.78, 5) is 37.9. The molecule has 5 aromatic rings. The van der Waals surface area contributed by atoms with Crippen molar-refractivity contribution in [1.29, 1.82) is 0 Å². The summed E-state index contributed by atoms with van der Waals surface area (Å²) in [6, 6.07) is 13.8. The third-order valence-electron chi connectivity index (χ3n) is 8.42. The van der Waals surface area contributed by atoms with Crippen LogP contribution in [0.25, 0.3) is 16.6 Å². The van der Waals surface area contributed by atoms with Crippen LogP contribution in [0.5, 0.6) is 28.9 Å². The summed E-state index contributed by atoms with van der Waals surface area (Å²) in [5.41, 5.74) is -1.41. The highest BCUT2D eigenvalue weighted by Gasteiger charge is 2.18. The number of hydrogen-bond donors (Lipinski definition) is 2. The first-order valence-corrected chi connectivity index (χ1v) is 15.9. The summed E-state index contributed by atoms with van der Waals surface area (Å²) in [5, 5.41) is 11.3. The van der Waals surface area contributed by atoms with Crippen LogP contribution in [-0.4, -0.2) is 64.1 Å². The van der Waals surface area contributed by atoms with Crippen molar-refractivity contribution < 1.29 is 28.1 Å². The van der Waals surface area contributed by atoms with Crippen LogP contribution in [0.4, 0.5) is 14.5 Å². The van der Waals surface area contributed by atoms with E-state index in [0.717, 1.165) is 61.0 Å². The maximum atomic E-state index is 15.3. The molecule has 1 fully saturated rings. The largest absolute Gasteiger partial charge is 0.493 e. The lowest BCUT2D eigenvalue weighted by Crippen LogP contribution is -2.34. The zero-order valence-corrected chi connectivity index (χ0v) is 27.0. The number of rotatable bonds is 11. The number of nitrogens with one attached hydrogen (secondary N) is 1. The van der Waals surface area contributed by atoms with E-state index in [1.807, 2.05) is 0 Å². The van der Waals surface area contributed by atoms with Gasteiger partial charge in [-0.15, -0.1) is 0 Å². The van der Waals surface area contributed by atoms with Gasteiger partial charge in [-0.25, -0.2) is 18.1 Å². The van der Waals surface area contributed by atoms with Crippen molar-refractivity contribution in [3.05, 3.63) is 105 Å². The van der Waals surface area contributed by atoms with Crippen molar-refractivity contribution in [2.45, 2.75) is 26.2 Å². The number of nitrogens with zero attached hydrogens (tertiary/aromatic N) is 4. The van der Waals surface area contributed by atoms with Crippen LogP contribution in [0, 0.1) is 17.6 Å². The number of fused-ring (bicyclic) bond motifs is 1. The summed E-state index contributed by atoms with van der Waals surface area (Å²) < 4.78 is 47.1. The summed E-state index contributed by atoms with van der Waals surface area (Å²) in [6.45, 7) is 6.03. The fourth-order valence-corrected chi connectivity index (χ4v) is 5.64. The molecular weight excluding hydrogens is 636 g/mol. The van der Waals surface area contributed by atoms with Crippen LogP contribution in [0.1, 0.15) is 31.7 Å². The topological polar surface area (TPSA) is 131 Å². The Balaban J connectivity index is 1.17. The molecule has 2 N–H and O–H groups in total. The van der Waals surface area contributed by atoms with Gasteiger partial charge in [0.15, 0.2) is 23.1 Å². The Hall–Kier alpha value is -5.56. The number of ether oxygens (including phenoxy) is 3. The number of H-pyrrole nitrogens is 1. The second-order valence-electron chi connectivity index (χ2n) is 11.8. The molecular formula is C36H35F2N5O6. The monoisotopic (exact) mass is 671 g/mol. The third kappa shape index (κ3) is 7.62. The Labute approximate surface area is 280 Å². The molecule has 3 heterocycles. The number of likely N-dealkylation sites (tertiary alicyclic amines) is 1. The number of aromatic hydroxyl groups is 1. The van der Waals surface area contributed by atoms with E-state index in [-0.39, 0.29) is 22.7 Å². The molecule has 2 aromatic heterocycles. The maximum absolute atomic E-state index is 15.3. The van der Waals surface area contributed by atoms with E-state index in [0.29, 0.717) is 34.8 Å². The number of aromatic nitrogens is 3. The molecule has 13 heteroatoms. The normalized spacial score (nSPS) is 14.0. The number of methoxy groups -OCH3 is 1. The average molecular weight is 672 g/mol. The molecule has 0 atom stereocenters. The van der Waals surface area contributed by atoms with Crippen molar-refractivity contribution >= 4 is 22.8 Å². The third-order valence-corrected chi connectivity index (χ3v) is 8.42. The molecule has 0 amide bonds. The smallest absolute Gasteiger partial charge is 0.335 e. The van der Waals surface area contributed by atoms with Crippen LogP contribution in [0.2, 0.25) is 0 Å². The maximum Gasteiger partial charge on any atom is 0.335 e. The summed E-state index contributed by atoms with van der Waals surface area (Å²) in [7, 11) is 1.55. The van der Waals surface area contributed by atoms with Gasteiger partial charge in [-0.2, -0.15) is 0 Å². The van der Waals surface area contributed by atoms with Crippen LogP contribution in [-0.2, 0) is 0 Å². The van der Waals surface area contributed by atoms with Gasteiger partial charge in [-0.3, -0.25) is 19.8 Å². The van der Waals surface area contributed by atoms with Crippen LogP contribution in [0.3, 0.4) is 0 Å². The minimum atomic E-state index is -0.929. The van der Waals surface area contributed by atoms with E-state index in [1.165, 1.54) is 37.1 Å². The molecule has 0 radical (unpaired) electrons. The van der Waals surface area contributed by atoms with Crippen molar-refractivity contribution in [3.63, 3.8) is 0 Å². The van der Waals surface area contributed by atoms with E-state index in [4.69, 9.17) is 14.2 Å². The van der Waals surface area contributed by atoms with Gasteiger partial charge in [0.2, 0.25) is 5.88 Å². The number of aliphatic imine (C=N–C) groups is 1. The first-order valence-electron chi connectivity index (χ1n) is 15.9. The Bertz CT molecular complexity index is 2110. The van der Waals surface area contributed by atoms with Crippen LogP contribution >= 0.6 is 0 Å². The molecule has 3 aromatic carbocycles. The summed E-state index contributed by atoms with van der Waals surface area (Å²) >= 11 is 0. The minimum Gasteiger partial charge on any atom is -0.493 e. The van der Waals surface area contributed by atoms with Crippen LogP contribution in [0.15, 0.2) is 81.4 Å². The lowest BCUT2D eigenvalue weighted by atomic mass is 9.99. The molecule has 0 aliphatic carbocycles. The minimum absolute atomic E-state index is 0.0941. The SMILES string of the molecule is COc1cc2c(Oc3ccc(N=Cc4c(O)n(-c5ccc(F)cc5)c(=O)[nH]c4=O)cc3F)ccnc2cc1OCCCN1CCC(C)CC1. The predicted molar refractivity (Wildman–Crippen MR) is 181 cm³/mol. The second kappa shape index (κ2) is 14.7. The second-order valence-corrected chi connectivity index (χ2v) is 11.8. The van der Waals surface area contributed by atoms with Gasteiger partial charge in [0, 0.05) is 36.5 Å². The number of benzene rings is 3. The van der Waals surface area contributed by atoms with Gasteiger partial charge in [-0.1, -0.05) is 6.92 Å². The summed E-state index contributed by atoms with van der Waals surface area (Å²) in [6.07, 6.45) is 5.89. The molecule has 1 aliphatic heterocycles. The van der Waals surface area contributed by atoms with Gasteiger partial charge in [-0.05, 0) is 86.8 Å². The van der Waals surface area contributed by atoms with Crippen molar-refractivity contribution in [2.24, 2.45) is 10.9 Å². The quantitative estimate of drug-likeness (QED) is 0.127. The highest BCUT2D eigenvalue weighted by molar-refractivity contribution is 5.88. The van der Waals surface area contributed by atoms with Crippen molar-refractivity contribution in [2.75, 3.05) is 33.4 Å². The number of hydrogen-bond acceptors (Lipinski definition) is 9. The molecule has 254 valence electrons. The Morgan fingerprint density at radius 2 is 1.78 bits per heavy atom. The van der Waals surface area contributed by atoms with E-state index < -0.39 is 28.8 Å². The van der Waals surface area contributed by atoms with E-state index >= 15 is 4.39 Å². The Morgan fingerprint density at radius 1 is 1.00 bits per heavy atom. The van der Waals surface area contributed by atoms with E-state index in [9.17, 15) is 19.1 Å². The standard InChI is InChI=1S/C36H35F2N5O6/c1-22-11-15-42(16-12-22)14-3-17-48-33-20-29-26(19-32(33)47-2)30(10-13-39-29)49-31-9-6-24(18-28(31)38)40-21-27-34(44)41-36(46)43(35(27)45)25-7-4-23(37)5-8-25/h4-10,13,18-22,45H,3,11-12,14-17H2,1-2H3,(H,41,44,46). The van der Waals surface area contributed by atoms with E-state index in [1.54, 1.807) is 31.5 Å². The Morgan fingerprint density at radius 3 is 2.51 bits per heavy atom. The number of pyridine rings is 1. The molecule has 1 aliphatic rings. The number of aromatic amines is 1.